The molecule has 0 aliphatic heterocycles. The molecule has 0 bridgehead atoms. The van der Waals surface area contributed by atoms with Crippen LogP contribution in [0.1, 0.15) is 11.4 Å². The number of halogens is 1. The van der Waals surface area contributed by atoms with Crippen LogP contribution in [0.15, 0.2) is 53.0 Å². The van der Waals surface area contributed by atoms with Crippen molar-refractivity contribution in [1.82, 2.24) is 30.2 Å². The maximum Gasteiger partial charge on any atom is 0.204 e. The third-order valence-electron chi connectivity index (χ3n) is 3.69. The third-order valence-corrected chi connectivity index (χ3v) is 4.22. The van der Waals surface area contributed by atoms with Gasteiger partial charge < -0.3 is 0 Å². The molecule has 0 spiro atoms. The largest absolute Gasteiger partial charge is 0.250 e. The number of hydrogen-bond donors (Lipinski definition) is 0. The second-order valence-corrected chi connectivity index (χ2v) is 6.31. The highest BCUT2D eigenvalue weighted by atomic mass is 79.9. The first kappa shape index (κ1) is 14.9. The van der Waals surface area contributed by atoms with Crippen molar-refractivity contribution in [1.29, 1.82) is 0 Å². The molecule has 0 aliphatic rings. The first-order valence-electron chi connectivity index (χ1n) is 7.45. The summed E-state index contributed by atoms with van der Waals surface area (Å²) in [7, 11) is 0. The zero-order valence-electron chi connectivity index (χ0n) is 12.9. The molecule has 0 fully saturated rings. The smallest absolute Gasteiger partial charge is 0.204 e. The fourth-order valence-electron chi connectivity index (χ4n) is 2.43. The van der Waals surface area contributed by atoms with Gasteiger partial charge in [0.25, 0.3) is 0 Å². The van der Waals surface area contributed by atoms with E-state index in [9.17, 15) is 0 Å². The predicted molar refractivity (Wildman–Crippen MR) is 94.3 cm³/mol. The van der Waals surface area contributed by atoms with Crippen molar-refractivity contribution < 1.29 is 0 Å². The Balaban J connectivity index is 1.64. The Kier molecular flexibility index (Phi) is 3.78. The minimum absolute atomic E-state index is 0.438. The van der Waals surface area contributed by atoms with E-state index in [-0.39, 0.29) is 0 Å². The van der Waals surface area contributed by atoms with Crippen LogP contribution < -0.4 is 0 Å². The maximum atomic E-state index is 4.67. The fourth-order valence-corrected chi connectivity index (χ4v) is 2.70. The van der Waals surface area contributed by atoms with Crippen molar-refractivity contribution in [2.45, 2.75) is 13.5 Å². The standard InChI is InChI=1S/C17H13BrN6/c1-11-16(20-15-5-3-2-4-14(15)19-11)10-24-22-17(21-23-24)12-6-8-13(18)9-7-12/h2-9H,10H2,1H3. The zero-order chi connectivity index (χ0) is 16.5. The van der Waals surface area contributed by atoms with Crippen LogP contribution in [0, 0.1) is 6.92 Å². The Bertz CT molecular complexity index is 1010. The molecule has 4 rings (SSSR count). The lowest BCUT2D eigenvalue weighted by molar-refractivity contribution is 0.562. The van der Waals surface area contributed by atoms with E-state index in [1.54, 1.807) is 4.80 Å². The van der Waals surface area contributed by atoms with Gasteiger partial charge in [0.15, 0.2) is 0 Å². The molecular formula is C17H13BrN6. The summed E-state index contributed by atoms with van der Waals surface area (Å²) in [6.45, 7) is 2.38. The van der Waals surface area contributed by atoms with Gasteiger partial charge in [0.2, 0.25) is 5.82 Å². The maximum absolute atomic E-state index is 4.67. The second kappa shape index (κ2) is 6.09. The number of benzene rings is 2. The molecule has 7 heteroatoms. The average Bonchev–Trinajstić information content (AvgIpc) is 3.05. The molecule has 4 aromatic rings. The predicted octanol–water partition coefficient (Wildman–Crippen LogP) is 3.40. The summed E-state index contributed by atoms with van der Waals surface area (Å²) in [4.78, 5) is 10.8. The monoisotopic (exact) mass is 380 g/mol. The normalized spacial score (nSPS) is 11.1. The summed E-state index contributed by atoms with van der Waals surface area (Å²) in [6, 6.07) is 15.6. The van der Waals surface area contributed by atoms with Gasteiger partial charge in [0, 0.05) is 10.0 Å². The molecule has 24 heavy (non-hydrogen) atoms. The highest BCUT2D eigenvalue weighted by Crippen LogP contribution is 2.18. The van der Waals surface area contributed by atoms with Crippen LogP contribution in [0.25, 0.3) is 22.4 Å². The summed E-state index contributed by atoms with van der Waals surface area (Å²) in [6.07, 6.45) is 0. The number of tetrazole rings is 1. The summed E-state index contributed by atoms with van der Waals surface area (Å²) >= 11 is 3.42. The fraction of sp³-hybridized carbons (Fsp3) is 0.118. The first-order chi connectivity index (χ1) is 11.7. The van der Waals surface area contributed by atoms with Gasteiger partial charge in [-0.25, -0.2) is 9.97 Å². The van der Waals surface area contributed by atoms with Gasteiger partial charge >= 0.3 is 0 Å². The van der Waals surface area contributed by atoms with Gasteiger partial charge in [0.05, 0.1) is 22.4 Å². The van der Waals surface area contributed by atoms with Crippen LogP contribution in [0.3, 0.4) is 0 Å². The quantitative estimate of drug-likeness (QED) is 0.544. The number of nitrogens with zero attached hydrogens (tertiary/aromatic N) is 6. The summed E-state index contributed by atoms with van der Waals surface area (Å²) in [5.74, 6) is 0.592. The molecule has 0 unspecified atom stereocenters. The lowest BCUT2D eigenvalue weighted by Gasteiger charge is -2.05. The van der Waals surface area contributed by atoms with Gasteiger partial charge in [-0.3, -0.25) is 0 Å². The van der Waals surface area contributed by atoms with Crippen molar-refractivity contribution in [2.24, 2.45) is 0 Å². The summed E-state index contributed by atoms with van der Waals surface area (Å²) < 4.78 is 1.01. The Hall–Kier alpha value is -2.67. The topological polar surface area (TPSA) is 69.4 Å². The Morgan fingerprint density at radius 3 is 2.42 bits per heavy atom. The van der Waals surface area contributed by atoms with Gasteiger partial charge in [-0.05, 0) is 48.5 Å². The molecule has 0 amide bonds. The van der Waals surface area contributed by atoms with E-state index in [0.29, 0.717) is 12.4 Å². The lowest BCUT2D eigenvalue weighted by Crippen LogP contribution is -2.08. The zero-order valence-corrected chi connectivity index (χ0v) is 14.5. The first-order valence-corrected chi connectivity index (χ1v) is 8.24. The molecular weight excluding hydrogens is 368 g/mol. The number of fused-ring (bicyclic) bond motifs is 1. The van der Waals surface area contributed by atoms with E-state index in [0.717, 1.165) is 32.5 Å². The van der Waals surface area contributed by atoms with Crippen molar-refractivity contribution in [3.05, 3.63) is 64.4 Å². The molecule has 6 nitrogen and oxygen atoms in total. The van der Waals surface area contributed by atoms with Crippen LogP contribution >= 0.6 is 15.9 Å². The second-order valence-electron chi connectivity index (χ2n) is 5.39. The SMILES string of the molecule is Cc1nc2ccccc2nc1Cn1nnc(-c2ccc(Br)cc2)n1. The molecule has 0 saturated carbocycles. The number of para-hydroxylation sites is 2. The van der Waals surface area contributed by atoms with Crippen LogP contribution in [-0.2, 0) is 6.54 Å². The third kappa shape index (κ3) is 2.90. The van der Waals surface area contributed by atoms with E-state index in [4.69, 9.17) is 0 Å². The molecule has 2 aromatic carbocycles. The van der Waals surface area contributed by atoms with Crippen molar-refractivity contribution in [2.75, 3.05) is 0 Å². The van der Waals surface area contributed by atoms with Crippen LogP contribution in [-0.4, -0.2) is 30.2 Å². The lowest BCUT2D eigenvalue weighted by atomic mass is 10.2. The number of aryl methyl sites for hydroxylation is 1. The molecule has 118 valence electrons. The van der Waals surface area contributed by atoms with E-state index < -0.39 is 0 Å². The van der Waals surface area contributed by atoms with Crippen LogP contribution in [0.5, 0.6) is 0 Å². The number of aromatic nitrogens is 6. The van der Waals surface area contributed by atoms with E-state index in [1.165, 1.54) is 0 Å². The highest BCUT2D eigenvalue weighted by molar-refractivity contribution is 9.10. The highest BCUT2D eigenvalue weighted by Gasteiger charge is 2.10. The number of hydrogen-bond acceptors (Lipinski definition) is 5. The van der Waals surface area contributed by atoms with E-state index in [1.807, 2.05) is 55.5 Å². The minimum Gasteiger partial charge on any atom is -0.250 e. The van der Waals surface area contributed by atoms with Crippen molar-refractivity contribution in [3.8, 4) is 11.4 Å². The minimum atomic E-state index is 0.438. The van der Waals surface area contributed by atoms with Gasteiger partial charge in [-0.15, -0.1) is 10.2 Å². The molecule has 0 saturated heterocycles. The van der Waals surface area contributed by atoms with Gasteiger partial charge in [-0.1, -0.05) is 28.1 Å². The molecule has 2 aromatic heterocycles. The van der Waals surface area contributed by atoms with Crippen molar-refractivity contribution in [3.63, 3.8) is 0 Å². The summed E-state index contributed by atoms with van der Waals surface area (Å²) in [5.41, 5.74) is 4.39. The van der Waals surface area contributed by atoms with Crippen LogP contribution in [0.4, 0.5) is 0 Å². The molecule has 0 atom stereocenters. The molecule has 0 radical (unpaired) electrons. The van der Waals surface area contributed by atoms with E-state index >= 15 is 0 Å². The number of rotatable bonds is 3. The molecule has 2 heterocycles. The van der Waals surface area contributed by atoms with Crippen LogP contribution in [0.2, 0.25) is 0 Å². The molecule has 0 N–H and O–H groups in total. The van der Waals surface area contributed by atoms with E-state index in [2.05, 4.69) is 41.3 Å². The Morgan fingerprint density at radius 1 is 0.958 bits per heavy atom. The summed E-state index contributed by atoms with van der Waals surface area (Å²) in [5, 5.41) is 12.7. The average molecular weight is 381 g/mol. The Labute approximate surface area is 146 Å². The van der Waals surface area contributed by atoms with Gasteiger partial charge in [-0.2, -0.15) is 4.80 Å². The van der Waals surface area contributed by atoms with Gasteiger partial charge in [0.1, 0.15) is 6.54 Å². The Morgan fingerprint density at radius 2 is 1.67 bits per heavy atom. The van der Waals surface area contributed by atoms with Crippen molar-refractivity contribution >= 4 is 27.0 Å². The molecule has 0 aliphatic carbocycles.